The molecule has 70 valence electrons. The molecule has 0 aliphatic rings. The Kier molecular flexibility index (Phi) is 3.26. The summed E-state index contributed by atoms with van der Waals surface area (Å²) in [6.45, 7) is 0. The zero-order valence-electron chi connectivity index (χ0n) is 5.96. The molecule has 0 saturated heterocycles. The molecule has 0 aliphatic heterocycles. The molecule has 0 unspecified atom stereocenters. The first-order valence-electron chi connectivity index (χ1n) is 2.70. The quantitative estimate of drug-likeness (QED) is 0.349. The van der Waals surface area contributed by atoms with Gasteiger partial charge in [-0.05, 0) is 0 Å². The largest absolute Gasteiger partial charge is 0.474 e. The Labute approximate surface area is 70.4 Å². The molecule has 2 N–H and O–H groups in total. The van der Waals surface area contributed by atoms with Crippen molar-refractivity contribution >= 4 is 30.2 Å². The van der Waals surface area contributed by atoms with Crippen molar-refractivity contribution in [1.29, 1.82) is 0 Å². The van der Waals surface area contributed by atoms with Crippen LogP contribution in [0.5, 0.6) is 0 Å². The van der Waals surface area contributed by atoms with Crippen molar-refractivity contribution in [2.75, 3.05) is 0 Å². The maximum Gasteiger partial charge on any atom is 0.395 e. The summed E-state index contributed by atoms with van der Waals surface area (Å²) in [5, 5.41) is 16.0. The fraction of sp³-hybridized carbons (Fsp3) is 0. The third-order valence-electron chi connectivity index (χ3n) is 0.909. The average Bonchev–Trinajstić information content (AvgIpc) is 2.04. The predicted octanol–water partition coefficient (Wildman–Crippen LogP) is -2.33. The van der Waals surface area contributed by atoms with E-state index in [0.29, 0.717) is 0 Å². The van der Waals surface area contributed by atoms with E-state index in [-0.39, 0.29) is 0 Å². The Morgan fingerprint density at radius 3 is 1.38 bits per heavy atom. The summed E-state index contributed by atoms with van der Waals surface area (Å²) in [5.74, 6) is -8.02. The second-order valence-electron chi connectivity index (χ2n) is 1.70. The molecule has 0 spiro atoms. The second kappa shape index (κ2) is 3.95. The van der Waals surface area contributed by atoms with Crippen molar-refractivity contribution in [3.63, 3.8) is 0 Å². The van der Waals surface area contributed by atoms with Gasteiger partial charge < -0.3 is 10.2 Å². The fourth-order valence-electron chi connectivity index (χ4n) is 0.394. The predicted molar refractivity (Wildman–Crippen MR) is 33.2 cm³/mol. The molecule has 0 heterocycles. The number of hydrogen-bond donors (Lipinski definition) is 2. The van der Waals surface area contributed by atoms with Crippen molar-refractivity contribution in [2.45, 2.75) is 0 Å². The van der Waals surface area contributed by atoms with Crippen molar-refractivity contribution in [3.05, 3.63) is 0 Å². The molecule has 0 bridgehead atoms. The van der Waals surface area contributed by atoms with Crippen molar-refractivity contribution in [2.24, 2.45) is 0 Å². The van der Waals surface area contributed by atoms with E-state index in [1.54, 1.807) is 0 Å². The Morgan fingerprint density at radius 2 is 1.23 bits per heavy atom. The third kappa shape index (κ3) is 2.36. The minimum Gasteiger partial charge on any atom is -0.474 e. The zero-order chi connectivity index (χ0) is 10.6. The molecule has 13 heavy (non-hydrogen) atoms. The minimum absolute atomic E-state index is 0.479. The Balaban J connectivity index is 4.81. The molecule has 8 heteroatoms. The van der Waals surface area contributed by atoms with Crippen LogP contribution in [0, 0.1) is 0 Å². The number of carbonyl (C=O) groups excluding carboxylic acids is 3. The molecule has 8 nitrogen and oxygen atoms in total. The lowest BCUT2D eigenvalue weighted by atomic mass is 10.5. The SMILES string of the molecule is O=CN(C(=O)C(=O)O)C(=O)C(=O)O. The topological polar surface area (TPSA) is 129 Å². The van der Waals surface area contributed by atoms with Gasteiger partial charge in [-0.1, -0.05) is 0 Å². The van der Waals surface area contributed by atoms with Crippen LogP contribution in [0.4, 0.5) is 0 Å². The highest BCUT2D eigenvalue weighted by atomic mass is 16.4. The second-order valence-corrected chi connectivity index (χ2v) is 1.70. The van der Waals surface area contributed by atoms with Gasteiger partial charge in [-0.25, -0.2) is 14.5 Å². The van der Waals surface area contributed by atoms with Gasteiger partial charge in [0.15, 0.2) is 0 Å². The summed E-state index contributed by atoms with van der Waals surface area (Å²) in [5.41, 5.74) is 0. The number of imide groups is 3. The zero-order valence-corrected chi connectivity index (χ0v) is 5.96. The van der Waals surface area contributed by atoms with Gasteiger partial charge in [0, 0.05) is 0 Å². The molecular weight excluding hydrogens is 186 g/mol. The average molecular weight is 189 g/mol. The minimum atomic E-state index is -2.10. The highest BCUT2D eigenvalue weighted by Gasteiger charge is 2.31. The van der Waals surface area contributed by atoms with Gasteiger partial charge in [-0.3, -0.25) is 14.4 Å². The molecule has 0 saturated carbocycles. The van der Waals surface area contributed by atoms with Crippen molar-refractivity contribution in [1.82, 2.24) is 4.90 Å². The summed E-state index contributed by atoms with van der Waals surface area (Å²) in [7, 11) is 0. The molecule has 0 aromatic carbocycles. The van der Waals surface area contributed by atoms with Crippen LogP contribution in [0.1, 0.15) is 0 Å². The summed E-state index contributed by atoms with van der Waals surface area (Å²) < 4.78 is 0. The van der Waals surface area contributed by atoms with Crippen LogP contribution in [0.2, 0.25) is 0 Å². The van der Waals surface area contributed by atoms with E-state index in [9.17, 15) is 24.0 Å². The lowest BCUT2D eigenvalue weighted by Crippen LogP contribution is -2.43. The van der Waals surface area contributed by atoms with Crippen LogP contribution in [-0.4, -0.2) is 45.3 Å². The Bertz CT molecular complexity index is 267. The van der Waals surface area contributed by atoms with Crippen LogP contribution in [0.25, 0.3) is 0 Å². The summed E-state index contributed by atoms with van der Waals surface area (Å²) in [6.07, 6.45) is -0.479. The molecule has 0 fully saturated rings. The van der Waals surface area contributed by atoms with Gasteiger partial charge >= 0.3 is 23.8 Å². The number of carboxylic acids is 2. The third-order valence-corrected chi connectivity index (χ3v) is 0.909. The van der Waals surface area contributed by atoms with Crippen LogP contribution in [0.3, 0.4) is 0 Å². The molecule has 0 radical (unpaired) electrons. The van der Waals surface area contributed by atoms with Gasteiger partial charge in [0.25, 0.3) is 0 Å². The molecule has 0 aromatic rings. The number of hydrogen-bond acceptors (Lipinski definition) is 5. The highest BCUT2D eigenvalue weighted by Crippen LogP contribution is 1.88. The molecule has 0 aliphatic carbocycles. The summed E-state index contributed by atoms with van der Waals surface area (Å²) >= 11 is 0. The number of aliphatic carboxylic acids is 2. The number of carboxylic acid groups (broad SMARTS) is 2. The Morgan fingerprint density at radius 1 is 0.923 bits per heavy atom. The maximum atomic E-state index is 10.4. The van der Waals surface area contributed by atoms with Gasteiger partial charge in [-0.15, -0.1) is 0 Å². The monoisotopic (exact) mass is 189 g/mol. The van der Waals surface area contributed by atoms with E-state index >= 15 is 0 Å². The van der Waals surface area contributed by atoms with Gasteiger partial charge in [0.05, 0.1) is 0 Å². The molecule has 0 rings (SSSR count). The Hall–Kier alpha value is -2.25. The van der Waals surface area contributed by atoms with Gasteiger partial charge in [0.1, 0.15) is 0 Å². The number of amides is 3. The standard InChI is InChI=1S/C5H3NO7/c7-1-6(2(8)4(10)11)3(9)5(12)13/h1H,(H,10,11)(H,12,13). The number of carbonyl (C=O) groups is 5. The fourth-order valence-corrected chi connectivity index (χ4v) is 0.394. The van der Waals surface area contributed by atoms with Crippen LogP contribution in [0.15, 0.2) is 0 Å². The highest BCUT2D eigenvalue weighted by molar-refractivity contribution is 6.45. The van der Waals surface area contributed by atoms with Crippen LogP contribution >= 0.6 is 0 Å². The first-order valence-corrected chi connectivity index (χ1v) is 2.70. The van der Waals surface area contributed by atoms with E-state index in [0.717, 1.165) is 0 Å². The smallest absolute Gasteiger partial charge is 0.395 e. The lowest BCUT2D eigenvalue weighted by Gasteiger charge is -2.06. The molecular formula is C5H3NO7. The van der Waals surface area contributed by atoms with E-state index < -0.39 is 35.1 Å². The van der Waals surface area contributed by atoms with E-state index in [4.69, 9.17) is 10.2 Å². The summed E-state index contributed by atoms with van der Waals surface area (Å²) in [4.78, 5) is 50.1. The number of rotatable bonds is 1. The van der Waals surface area contributed by atoms with Crippen molar-refractivity contribution < 1.29 is 34.2 Å². The van der Waals surface area contributed by atoms with Gasteiger partial charge in [-0.2, -0.15) is 0 Å². The van der Waals surface area contributed by atoms with Crippen molar-refractivity contribution in [3.8, 4) is 0 Å². The van der Waals surface area contributed by atoms with E-state index in [1.165, 1.54) is 0 Å². The summed E-state index contributed by atoms with van der Waals surface area (Å²) in [6, 6.07) is 0. The molecule has 0 aromatic heterocycles. The van der Waals surface area contributed by atoms with Crippen LogP contribution in [-0.2, 0) is 24.0 Å². The van der Waals surface area contributed by atoms with Gasteiger partial charge in [0.2, 0.25) is 6.41 Å². The first kappa shape index (κ1) is 10.8. The molecule has 3 amide bonds. The van der Waals surface area contributed by atoms with E-state index in [1.807, 2.05) is 0 Å². The molecule has 0 atom stereocenters. The lowest BCUT2D eigenvalue weighted by molar-refractivity contribution is -0.166. The van der Waals surface area contributed by atoms with E-state index in [2.05, 4.69) is 0 Å². The normalized spacial score (nSPS) is 8.62. The number of nitrogens with zero attached hydrogens (tertiary/aromatic N) is 1. The first-order chi connectivity index (χ1) is 5.91. The maximum absolute atomic E-state index is 10.4. The van der Waals surface area contributed by atoms with Crippen LogP contribution < -0.4 is 0 Å².